The summed E-state index contributed by atoms with van der Waals surface area (Å²) in [6.07, 6.45) is 7.62. The van der Waals surface area contributed by atoms with Gasteiger partial charge in [-0.15, -0.1) is 0 Å². The van der Waals surface area contributed by atoms with Gasteiger partial charge in [0.15, 0.2) is 0 Å². The summed E-state index contributed by atoms with van der Waals surface area (Å²) in [4.78, 5) is 37.5. The van der Waals surface area contributed by atoms with E-state index >= 15 is 0 Å². The molecule has 132 valence electrons. The average Bonchev–Trinajstić information content (AvgIpc) is 3.15. The number of pyridine rings is 1. The van der Waals surface area contributed by atoms with Crippen LogP contribution in [0.25, 0.3) is 0 Å². The number of nitrogens with one attached hydrogen (secondary N) is 2. The van der Waals surface area contributed by atoms with E-state index in [-0.39, 0.29) is 17.7 Å². The molecule has 1 aliphatic rings. The van der Waals surface area contributed by atoms with E-state index in [1.165, 1.54) is 0 Å². The van der Waals surface area contributed by atoms with Crippen LogP contribution in [-0.2, 0) is 22.4 Å². The molecule has 2 aromatic heterocycles. The van der Waals surface area contributed by atoms with Gasteiger partial charge in [0.1, 0.15) is 0 Å². The molecule has 7 heteroatoms. The molecule has 3 heterocycles. The third-order valence-electron chi connectivity index (χ3n) is 4.48. The van der Waals surface area contributed by atoms with E-state index in [2.05, 4.69) is 20.3 Å². The van der Waals surface area contributed by atoms with Gasteiger partial charge in [0.25, 0.3) is 0 Å². The maximum atomic E-state index is 12.4. The van der Waals surface area contributed by atoms with Crippen LogP contribution < -0.4 is 5.32 Å². The van der Waals surface area contributed by atoms with Gasteiger partial charge in [-0.05, 0) is 18.6 Å². The molecule has 0 bridgehead atoms. The third kappa shape index (κ3) is 4.89. The number of likely N-dealkylation sites (tertiary alicyclic amines) is 1. The van der Waals surface area contributed by atoms with Crippen LogP contribution in [0.1, 0.15) is 24.2 Å². The lowest BCUT2D eigenvalue weighted by Crippen LogP contribution is -2.46. The number of nitrogens with zero attached hydrogens (tertiary/aromatic N) is 3. The molecular weight excluding hydrogens is 318 g/mol. The lowest BCUT2D eigenvalue weighted by Gasteiger charge is -2.32. The molecule has 1 unspecified atom stereocenters. The number of imidazole rings is 1. The van der Waals surface area contributed by atoms with Crippen LogP contribution in [-0.4, -0.2) is 51.3 Å². The van der Waals surface area contributed by atoms with Gasteiger partial charge in [0, 0.05) is 62.7 Å². The largest absolute Gasteiger partial charge is 0.355 e. The lowest BCUT2D eigenvalue weighted by molar-refractivity contribution is -0.138. The van der Waals surface area contributed by atoms with E-state index in [1.807, 2.05) is 18.2 Å². The molecule has 0 aromatic carbocycles. The predicted molar refractivity (Wildman–Crippen MR) is 92.5 cm³/mol. The van der Waals surface area contributed by atoms with Crippen molar-refractivity contribution in [2.24, 2.45) is 5.92 Å². The minimum absolute atomic E-state index is 0.0230. The minimum atomic E-state index is -0.136. The van der Waals surface area contributed by atoms with E-state index in [4.69, 9.17) is 0 Å². The van der Waals surface area contributed by atoms with Crippen LogP contribution in [0.3, 0.4) is 0 Å². The number of rotatable bonds is 7. The first-order valence-electron chi connectivity index (χ1n) is 8.65. The Hall–Kier alpha value is -2.70. The second-order valence-electron chi connectivity index (χ2n) is 6.26. The van der Waals surface area contributed by atoms with Crippen molar-refractivity contribution >= 4 is 11.8 Å². The molecule has 1 atom stereocenters. The summed E-state index contributed by atoms with van der Waals surface area (Å²) in [5.74, 6) is 0.00971. The van der Waals surface area contributed by atoms with Crippen molar-refractivity contribution in [3.8, 4) is 0 Å². The number of carbonyl (C=O) groups is 2. The van der Waals surface area contributed by atoms with Gasteiger partial charge < -0.3 is 15.2 Å². The summed E-state index contributed by atoms with van der Waals surface area (Å²) < 4.78 is 0. The Morgan fingerprint density at radius 3 is 3.04 bits per heavy atom. The van der Waals surface area contributed by atoms with Crippen LogP contribution in [0, 0.1) is 5.92 Å². The first kappa shape index (κ1) is 17.1. The van der Waals surface area contributed by atoms with Gasteiger partial charge in [-0.2, -0.15) is 0 Å². The molecule has 1 saturated heterocycles. The molecule has 1 fully saturated rings. The molecule has 0 spiro atoms. The Kier molecular flexibility index (Phi) is 5.77. The second kappa shape index (κ2) is 8.41. The maximum Gasteiger partial charge on any atom is 0.224 e. The smallest absolute Gasteiger partial charge is 0.224 e. The van der Waals surface area contributed by atoms with Gasteiger partial charge in [-0.25, -0.2) is 4.98 Å². The van der Waals surface area contributed by atoms with E-state index in [9.17, 15) is 9.59 Å². The van der Waals surface area contributed by atoms with E-state index in [1.54, 1.807) is 23.6 Å². The molecular formula is C18H23N5O2. The topological polar surface area (TPSA) is 91.0 Å². The van der Waals surface area contributed by atoms with Crippen LogP contribution in [0.15, 0.2) is 36.9 Å². The molecule has 2 N–H and O–H groups in total. The Labute approximate surface area is 146 Å². The summed E-state index contributed by atoms with van der Waals surface area (Å²) in [7, 11) is 0. The van der Waals surface area contributed by atoms with Crippen molar-refractivity contribution in [2.45, 2.75) is 25.7 Å². The highest BCUT2D eigenvalue weighted by molar-refractivity contribution is 5.83. The first-order valence-corrected chi connectivity index (χ1v) is 8.65. The number of piperidine rings is 1. The zero-order chi connectivity index (χ0) is 17.5. The molecule has 0 radical (unpaired) electrons. The number of aromatic nitrogens is 3. The SMILES string of the molecule is O=C(NCCc1cnc[nH]1)C1CCC(=O)N(CCc2ccccn2)C1. The van der Waals surface area contributed by atoms with Crippen molar-refractivity contribution in [1.29, 1.82) is 0 Å². The number of amides is 2. The molecule has 0 aliphatic carbocycles. The van der Waals surface area contributed by atoms with Gasteiger partial charge in [-0.1, -0.05) is 6.07 Å². The zero-order valence-corrected chi connectivity index (χ0v) is 14.1. The first-order chi connectivity index (χ1) is 12.2. The number of hydrogen-bond donors (Lipinski definition) is 2. The monoisotopic (exact) mass is 341 g/mol. The fourth-order valence-corrected chi connectivity index (χ4v) is 3.03. The maximum absolute atomic E-state index is 12.4. The number of hydrogen-bond acceptors (Lipinski definition) is 4. The average molecular weight is 341 g/mol. The van der Waals surface area contributed by atoms with Gasteiger partial charge in [0.05, 0.1) is 12.2 Å². The van der Waals surface area contributed by atoms with E-state index in [0.717, 1.165) is 17.8 Å². The van der Waals surface area contributed by atoms with Gasteiger partial charge in [-0.3, -0.25) is 14.6 Å². The van der Waals surface area contributed by atoms with Crippen molar-refractivity contribution < 1.29 is 9.59 Å². The number of carbonyl (C=O) groups excluding carboxylic acids is 2. The normalized spacial score (nSPS) is 17.5. The van der Waals surface area contributed by atoms with Crippen molar-refractivity contribution in [1.82, 2.24) is 25.2 Å². The Bertz CT molecular complexity index is 687. The van der Waals surface area contributed by atoms with Gasteiger partial charge in [0.2, 0.25) is 11.8 Å². The highest BCUT2D eigenvalue weighted by atomic mass is 16.2. The number of aromatic amines is 1. The Morgan fingerprint density at radius 1 is 1.36 bits per heavy atom. The molecule has 25 heavy (non-hydrogen) atoms. The lowest BCUT2D eigenvalue weighted by atomic mass is 9.96. The van der Waals surface area contributed by atoms with Crippen LogP contribution in [0.2, 0.25) is 0 Å². The summed E-state index contributed by atoms with van der Waals surface area (Å²) in [6.45, 7) is 1.66. The molecule has 1 aliphatic heterocycles. The Morgan fingerprint density at radius 2 is 2.28 bits per heavy atom. The summed E-state index contributed by atoms with van der Waals surface area (Å²) in [5, 5.41) is 2.96. The number of H-pyrrole nitrogens is 1. The van der Waals surface area contributed by atoms with Crippen molar-refractivity contribution in [3.05, 3.63) is 48.3 Å². The predicted octanol–water partition coefficient (Wildman–Crippen LogP) is 0.945. The minimum Gasteiger partial charge on any atom is -0.355 e. The van der Waals surface area contributed by atoms with Crippen LogP contribution in [0.5, 0.6) is 0 Å². The third-order valence-corrected chi connectivity index (χ3v) is 4.48. The summed E-state index contributed by atoms with van der Waals surface area (Å²) in [5.41, 5.74) is 1.96. The molecule has 2 aromatic rings. The van der Waals surface area contributed by atoms with Crippen molar-refractivity contribution in [3.63, 3.8) is 0 Å². The molecule has 3 rings (SSSR count). The Balaban J connectivity index is 1.45. The standard InChI is InChI=1S/C18H23N5O2/c24-17-5-4-14(18(25)21-9-6-16-11-19-13-22-16)12-23(17)10-7-15-3-1-2-8-20-15/h1-3,8,11,13-14H,4-7,9-10,12H2,(H,19,22)(H,21,25). The van der Waals surface area contributed by atoms with E-state index in [0.29, 0.717) is 38.9 Å². The van der Waals surface area contributed by atoms with Crippen molar-refractivity contribution in [2.75, 3.05) is 19.6 Å². The van der Waals surface area contributed by atoms with Crippen LogP contribution in [0.4, 0.5) is 0 Å². The molecule has 0 saturated carbocycles. The summed E-state index contributed by atoms with van der Waals surface area (Å²) >= 11 is 0. The quantitative estimate of drug-likeness (QED) is 0.784. The highest BCUT2D eigenvalue weighted by Crippen LogP contribution is 2.18. The van der Waals surface area contributed by atoms with Crippen LogP contribution >= 0.6 is 0 Å². The molecule has 2 amide bonds. The highest BCUT2D eigenvalue weighted by Gasteiger charge is 2.29. The fourth-order valence-electron chi connectivity index (χ4n) is 3.03. The van der Waals surface area contributed by atoms with Gasteiger partial charge >= 0.3 is 0 Å². The van der Waals surface area contributed by atoms with E-state index < -0.39 is 0 Å². The zero-order valence-electron chi connectivity index (χ0n) is 14.1. The second-order valence-corrected chi connectivity index (χ2v) is 6.26. The fraction of sp³-hybridized carbons (Fsp3) is 0.444. The molecule has 7 nitrogen and oxygen atoms in total. The summed E-state index contributed by atoms with van der Waals surface area (Å²) in [6, 6.07) is 5.77.